The number of aromatic nitrogens is 2. The van der Waals surface area contributed by atoms with E-state index in [1.807, 2.05) is 4.98 Å². The zero-order valence-electron chi connectivity index (χ0n) is 13.8. The average molecular weight is 524 g/mol. The summed E-state index contributed by atoms with van der Waals surface area (Å²) in [5.74, 6) is 0. The van der Waals surface area contributed by atoms with Crippen LogP contribution in [0, 0.1) is 0 Å². The number of nitrogens with one attached hydrogen (secondary N) is 1. The molecule has 0 aromatic carbocycles. The fraction of sp³-hybridized carbons (Fsp3) is 0.556. The molecule has 30 heavy (non-hydrogen) atoms. The molecule has 1 fully saturated rings. The third-order valence-electron chi connectivity index (χ3n) is 3.28. The van der Waals surface area contributed by atoms with Crippen molar-refractivity contribution in [2.24, 2.45) is 0 Å². The minimum atomic E-state index is -5.69. The molecule has 0 radical (unpaired) electrons. The molecule has 7 N–H and O–H groups in total. The molecule has 2 heterocycles. The minimum absolute atomic E-state index is 0. The van der Waals surface area contributed by atoms with Gasteiger partial charge in [-0.2, -0.15) is 8.62 Å². The Hall–Kier alpha value is 0.360. The van der Waals surface area contributed by atoms with Crippen LogP contribution in [0.25, 0.3) is 0 Å². The Bertz CT molecular complexity index is 1010. The van der Waals surface area contributed by atoms with Crippen molar-refractivity contribution < 1.29 is 56.6 Å². The summed E-state index contributed by atoms with van der Waals surface area (Å²) in [6.45, 7) is -0.860. The molecule has 168 valence electrons. The molecule has 6 atom stereocenters. The summed E-state index contributed by atoms with van der Waals surface area (Å²) in [4.78, 5) is 60.2. The van der Waals surface area contributed by atoms with E-state index < -0.39 is 64.2 Å². The first-order chi connectivity index (χ1) is 13.1. The Morgan fingerprint density at radius 3 is 2.17 bits per heavy atom. The summed E-state index contributed by atoms with van der Waals surface area (Å²) in [6.07, 6.45) is -2.12. The molecule has 0 bridgehead atoms. The number of hydrogen-bond donors (Lipinski definition) is 7. The second-order valence-electron chi connectivity index (χ2n) is 5.45. The van der Waals surface area contributed by atoms with E-state index >= 15 is 0 Å². The number of aliphatic hydroxyl groups excluding tert-OH is 2. The number of aliphatic hydroxyl groups is 2. The van der Waals surface area contributed by atoms with Crippen molar-refractivity contribution in [2.45, 2.75) is 22.8 Å². The zero-order chi connectivity index (χ0) is 22.2. The predicted molar refractivity (Wildman–Crippen MR) is 101 cm³/mol. The molecule has 1 aromatic heterocycles. The number of phosphoric acid groups is 3. The van der Waals surface area contributed by atoms with Crippen LogP contribution in [0.1, 0.15) is 5.37 Å². The Kier molecular flexibility index (Phi) is 9.96. The first-order valence-electron chi connectivity index (χ1n) is 7.22. The molecular formula is C9H16N2NaO14P3S. The fourth-order valence-electron chi connectivity index (χ4n) is 2.20. The SMILES string of the molecule is O=c1ccn([C@@H]2S[C@H](COP(=O)(O)OP(=O)(O)OP(=O)(O)O)[C@@H](O)[C@H]2O)c(=O)[nH]1.[NaH]. The van der Waals surface area contributed by atoms with Gasteiger partial charge in [0.1, 0.15) is 11.5 Å². The van der Waals surface area contributed by atoms with Crippen LogP contribution in [-0.2, 0) is 26.8 Å². The third-order valence-corrected chi connectivity index (χ3v) is 8.63. The molecule has 1 aliphatic heterocycles. The van der Waals surface area contributed by atoms with E-state index in [0.717, 1.165) is 16.8 Å². The summed E-state index contributed by atoms with van der Waals surface area (Å²) < 4.78 is 45.9. The van der Waals surface area contributed by atoms with Gasteiger partial charge in [0.2, 0.25) is 0 Å². The second kappa shape index (κ2) is 10.5. The number of hydrogen-bond acceptors (Lipinski definition) is 11. The van der Waals surface area contributed by atoms with E-state index in [9.17, 15) is 38.4 Å². The van der Waals surface area contributed by atoms with Gasteiger partial charge in [0.05, 0.1) is 18.0 Å². The van der Waals surface area contributed by atoms with Crippen molar-refractivity contribution in [3.05, 3.63) is 33.1 Å². The van der Waals surface area contributed by atoms with E-state index in [0.29, 0.717) is 11.8 Å². The van der Waals surface area contributed by atoms with Crippen LogP contribution < -0.4 is 11.2 Å². The van der Waals surface area contributed by atoms with Gasteiger partial charge in [-0.15, -0.1) is 11.8 Å². The van der Waals surface area contributed by atoms with Crippen LogP contribution in [0.4, 0.5) is 0 Å². The van der Waals surface area contributed by atoms with E-state index in [2.05, 4.69) is 13.1 Å². The molecule has 2 rings (SSSR count). The normalized spacial score (nSPS) is 28.3. The van der Waals surface area contributed by atoms with Crippen molar-refractivity contribution >= 4 is 64.8 Å². The molecular weight excluding hydrogens is 508 g/mol. The quantitative estimate of drug-likeness (QED) is 0.138. The van der Waals surface area contributed by atoms with Crippen LogP contribution in [0.3, 0.4) is 0 Å². The van der Waals surface area contributed by atoms with Gasteiger partial charge in [-0.25, -0.2) is 18.5 Å². The zero-order valence-corrected chi connectivity index (χ0v) is 17.3. The van der Waals surface area contributed by atoms with Gasteiger partial charge in [0.25, 0.3) is 5.56 Å². The Labute approximate surface area is 193 Å². The van der Waals surface area contributed by atoms with Gasteiger partial charge in [0.15, 0.2) is 0 Å². The number of thioether (sulfide) groups is 1. The number of rotatable bonds is 8. The Balaban J connectivity index is 0.00000450. The van der Waals surface area contributed by atoms with E-state index in [4.69, 9.17) is 14.7 Å². The van der Waals surface area contributed by atoms with Crippen LogP contribution >= 0.6 is 35.2 Å². The number of aromatic amines is 1. The molecule has 0 saturated carbocycles. The van der Waals surface area contributed by atoms with Gasteiger partial charge >= 0.3 is 58.7 Å². The fourth-order valence-corrected chi connectivity index (χ4v) is 6.79. The van der Waals surface area contributed by atoms with Gasteiger partial charge in [-0.05, 0) is 0 Å². The monoisotopic (exact) mass is 524 g/mol. The second-order valence-corrected chi connectivity index (χ2v) is 11.2. The maximum absolute atomic E-state index is 11.8. The molecule has 1 aliphatic rings. The van der Waals surface area contributed by atoms with E-state index in [1.165, 1.54) is 0 Å². The van der Waals surface area contributed by atoms with Gasteiger partial charge < -0.3 is 29.8 Å². The summed E-state index contributed by atoms with van der Waals surface area (Å²) in [5, 5.41) is 17.8. The first kappa shape index (κ1) is 28.4. The van der Waals surface area contributed by atoms with Crippen LogP contribution in [-0.4, -0.2) is 93.0 Å². The van der Waals surface area contributed by atoms with Crippen LogP contribution in [0.15, 0.2) is 21.9 Å². The van der Waals surface area contributed by atoms with Gasteiger partial charge in [-0.1, -0.05) is 0 Å². The maximum atomic E-state index is 11.8. The molecule has 16 nitrogen and oxygen atoms in total. The van der Waals surface area contributed by atoms with Crippen LogP contribution in [0.2, 0.25) is 0 Å². The number of phosphoric ester groups is 1. The molecule has 21 heteroatoms. The molecule has 1 aromatic rings. The molecule has 0 amide bonds. The average Bonchev–Trinajstić information content (AvgIpc) is 2.78. The Morgan fingerprint density at radius 2 is 1.63 bits per heavy atom. The van der Waals surface area contributed by atoms with Gasteiger partial charge in [-0.3, -0.25) is 18.9 Å². The topological polar surface area (TPSA) is 255 Å². The van der Waals surface area contributed by atoms with Crippen LogP contribution in [0.5, 0.6) is 0 Å². The van der Waals surface area contributed by atoms with Crippen molar-refractivity contribution in [3.63, 3.8) is 0 Å². The molecule has 0 aliphatic carbocycles. The number of H-pyrrole nitrogens is 1. The van der Waals surface area contributed by atoms with Crippen molar-refractivity contribution in [1.29, 1.82) is 0 Å². The van der Waals surface area contributed by atoms with Crippen molar-refractivity contribution in [1.82, 2.24) is 9.55 Å². The summed E-state index contributed by atoms with van der Waals surface area (Å²) in [7, 11) is -16.6. The number of nitrogens with zero attached hydrogens (tertiary/aromatic N) is 1. The summed E-state index contributed by atoms with van der Waals surface area (Å²) in [6, 6.07) is 0.987. The molecule has 1 saturated heterocycles. The Morgan fingerprint density at radius 1 is 1.03 bits per heavy atom. The third kappa shape index (κ3) is 8.05. The standard InChI is InChI=1S/C9H15N2O14P3S.Na.H/c12-5-1-2-11(9(15)10-5)8-7(14)6(13)4(29-8)3-23-27(19,20)25-28(21,22)24-26(16,17)18;;/h1-2,4,6-8,13-14H,3H2,(H,19,20)(H,21,22)(H,10,12,15)(H2,16,17,18);;/t4-,6-,7-,8-;;/m1../s1. The van der Waals surface area contributed by atoms with E-state index in [-0.39, 0.29) is 29.6 Å². The molecule has 2 unspecified atom stereocenters. The van der Waals surface area contributed by atoms with Gasteiger partial charge in [0, 0.05) is 12.3 Å². The first-order valence-corrected chi connectivity index (χ1v) is 12.7. The van der Waals surface area contributed by atoms with E-state index in [1.54, 1.807) is 0 Å². The summed E-state index contributed by atoms with van der Waals surface area (Å²) in [5.41, 5.74) is -1.59. The van der Waals surface area contributed by atoms with Crippen molar-refractivity contribution in [3.8, 4) is 0 Å². The van der Waals surface area contributed by atoms with Crippen molar-refractivity contribution in [2.75, 3.05) is 6.61 Å². The predicted octanol–water partition coefficient (Wildman–Crippen LogP) is -2.43. The summed E-state index contributed by atoms with van der Waals surface area (Å²) >= 11 is 0.709. The molecule has 0 spiro atoms.